The smallest absolute Gasteiger partial charge is 0.183 e. The predicted molar refractivity (Wildman–Crippen MR) is 98.8 cm³/mol. The molecule has 0 aliphatic heterocycles. The molecule has 4 heteroatoms. The van der Waals surface area contributed by atoms with Gasteiger partial charge >= 0.3 is 0 Å². The zero-order valence-electron chi connectivity index (χ0n) is 15.0. The van der Waals surface area contributed by atoms with Gasteiger partial charge in [-0.15, -0.1) is 10.2 Å². The van der Waals surface area contributed by atoms with Gasteiger partial charge in [0.15, 0.2) is 5.82 Å². The summed E-state index contributed by atoms with van der Waals surface area (Å²) in [6.45, 7) is 10.6. The third-order valence-corrected chi connectivity index (χ3v) is 4.34. The Bertz CT molecular complexity index is 903. The topological polar surface area (TPSA) is 42.0 Å². The number of aromatic nitrogens is 2. The minimum absolute atomic E-state index is 0.292. The molecule has 1 aromatic carbocycles. The Hall–Kier alpha value is -2.49. The van der Waals surface area contributed by atoms with Crippen LogP contribution in [0.3, 0.4) is 0 Å². The van der Waals surface area contributed by atoms with Gasteiger partial charge in [0.2, 0.25) is 0 Å². The standard InChI is InChI=1S/C20H24N4/c1-6-16-11-7-9-14(4)18(16)22-23-20-17(13(2)3)21-19-15(5)10-8-12-24(19)20/h7-13H,6H2,1-5H3. The summed E-state index contributed by atoms with van der Waals surface area (Å²) in [5, 5.41) is 9.23. The van der Waals surface area contributed by atoms with Crippen LogP contribution in [0.5, 0.6) is 0 Å². The maximum absolute atomic E-state index is 4.80. The molecule has 3 rings (SSSR count). The van der Waals surface area contributed by atoms with E-state index in [1.807, 2.05) is 16.7 Å². The molecule has 0 aliphatic rings. The first-order valence-corrected chi connectivity index (χ1v) is 8.50. The maximum atomic E-state index is 4.80. The average molecular weight is 320 g/mol. The van der Waals surface area contributed by atoms with Gasteiger partial charge in [0.1, 0.15) is 5.65 Å². The number of aryl methyl sites for hydroxylation is 3. The first kappa shape index (κ1) is 16.4. The molecule has 0 unspecified atom stereocenters. The van der Waals surface area contributed by atoms with Crippen LogP contribution in [0.15, 0.2) is 46.8 Å². The number of imidazole rings is 1. The second-order valence-electron chi connectivity index (χ2n) is 6.50. The molecule has 0 saturated heterocycles. The zero-order valence-corrected chi connectivity index (χ0v) is 15.0. The summed E-state index contributed by atoms with van der Waals surface area (Å²) >= 11 is 0. The van der Waals surface area contributed by atoms with Crippen LogP contribution in [0, 0.1) is 13.8 Å². The van der Waals surface area contributed by atoms with Crippen molar-refractivity contribution in [3.05, 3.63) is 58.9 Å². The molecule has 0 fully saturated rings. The normalized spacial score (nSPS) is 11.9. The molecule has 3 aromatic rings. The second kappa shape index (κ2) is 6.56. The fraction of sp³-hybridized carbons (Fsp3) is 0.350. The first-order chi connectivity index (χ1) is 11.5. The van der Waals surface area contributed by atoms with E-state index < -0.39 is 0 Å². The molecule has 0 radical (unpaired) electrons. The Balaban J connectivity index is 2.17. The van der Waals surface area contributed by atoms with Gasteiger partial charge in [0, 0.05) is 6.20 Å². The van der Waals surface area contributed by atoms with Gasteiger partial charge in [-0.25, -0.2) is 4.98 Å². The number of benzene rings is 1. The number of rotatable bonds is 4. The van der Waals surface area contributed by atoms with Crippen molar-refractivity contribution in [2.75, 3.05) is 0 Å². The summed E-state index contributed by atoms with van der Waals surface area (Å²) in [5.74, 6) is 1.12. The van der Waals surface area contributed by atoms with E-state index in [4.69, 9.17) is 4.98 Å². The average Bonchev–Trinajstić information content (AvgIpc) is 2.94. The van der Waals surface area contributed by atoms with Gasteiger partial charge < -0.3 is 0 Å². The Morgan fingerprint density at radius 2 is 1.79 bits per heavy atom. The lowest BCUT2D eigenvalue weighted by molar-refractivity contribution is 0.831. The third-order valence-electron chi connectivity index (χ3n) is 4.34. The highest BCUT2D eigenvalue weighted by molar-refractivity contribution is 5.58. The van der Waals surface area contributed by atoms with E-state index in [-0.39, 0.29) is 0 Å². The lowest BCUT2D eigenvalue weighted by Crippen LogP contribution is -1.88. The molecule has 24 heavy (non-hydrogen) atoms. The second-order valence-corrected chi connectivity index (χ2v) is 6.50. The minimum atomic E-state index is 0.292. The molecule has 0 saturated carbocycles. The highest BCUT2D eigenvalue weighted by atomic mass is 15.2. The summed E-state index contributed by atoms with van der Waals surface area (Å²) < 4.78 is 2.04. The van der Waals surface area contributed by atoms with E-state index in [1.54, 1.807) is 0 Å². The molecule has 0 N–H and O–H groups in total. The van der Waals surface area contributed by atoms with Crippen molar-refractivity contribution in [2.45, 2.75) is 47.0 Å². The molecule has 0 amide bonds. The van der Waals surface area contributed by atoms with Crippen molar-refractivity contribution in [1.82, 2.24) is 9.38 Å². The number of pyridine rings is 1. The van der Waals surface area contributed by atoms with Gasteiger partial charge in [-0.05, 0) is 48.9 Å². The van der Waals surface area contributed by atoms with Crippen LogP contribution in [0.4, 0.5) is 11.5 Å². The van der Waals surface area contributed by atoms with Crippen molar-refractivity contribution in [2.24, 2.45) is 10.2 Å². The summed E-state index contributed by atoms with van der Waals surface area (Å²) in [6, 6.07) is 10.4. The van der Waals surface area contributed by atoms with Crippen LogP contribution in [-0.2, 0) is 6.42 Å². The summed E-state index contributed by atoms with van der Waals surface area (Å²) in [4.78, 5) is 4.80. The number of hydrogen-bond donors (Lipinski definition) is 0. The van der Waals surface area contributed by atoms with Crippen LogP contribution < -0.4 is 0 Å². The van der Waals surface area contributed by atoms with Gasteiger partial charge in [0.25, 0.3) is 0 Å². The highest BCUT2D eigenvalue weighted by Gasteiger charge is 2.16. The molecule has 2 heterocycles. The third kappa shape index (κ3) is 2.84. The van der Waals surface area contributed by atoms with Crippen LogP contribution in [0.1, 0.15) is 49.1 Å². The van der Waals surface area contributed by atoms with E-state index in [2.05, 4.69) is 69.1 Å². The largest absolute Gasteiger partial charge is 0.283 e. The summed E-state index contributed by atoms with van der Waals surface area (Å²) in [5.41, 5.74) is 6.42. The van der Waals surface area contributed by atoms with Crippen LogP contribution in [0.25, 0.3) is 5.65 Å². The monoisotopic (exact) mass is 320 g/mol. The number of nitrogens with zero attached hydrogens (tertiary/aromatic N) is 4. The summed E-state index contributed by atoms with van der Waals surface area (Å²) in [6.07, 6.45) is 2.95. The van der Waals surface area contributed by atoms with Gasteiger partial charge in [-0.3, -0.25) is 4.40 Å². The van der Waals surface area contributed by atoms with Crippen LogP contribution >= 0.6 is 0 Å². The van der Waals surface area contributed by atoms with Crippen LogP contribution in [-0.4, -0.2) is 9.38 Å². The van der Waals surface area contributed by atoms with E-state index in [1.165, 1.54) is 5.56 Å². The molecular formula is C20H24N4. The molecule has 4 nitrogen and oxygen atoms in total. The molecule has 124 valence electrons. The van der Waals surface area contributed by atoms with Crippen molar-refractivity contribution >= 4 is 17.2 Å². The van der Waals surface area contributed by atoms with E-state index in [9.17, 15) is 0 Å². The van der Waals surface area contributed by atoms with Gasteiger partial charge in [0.05, 0.1) is 11.4 Å². The first-order valence-electron chi connectivity index (χ1n) is 8.50. The lowest BCUT2D eigenvalue weighted by atomic mass is 10.1. The fourth-order valence-electron chi connectivity index (χ4n) is 2.94. The number of hydrogen-bond acceptors (Lipinski definition) is 3. The quantitative estimate of drug-likeness (QED) is 0.539. The van der Waals surface area contributed by atoms with E-state index in [0.29, 0.717) is 5.92 Å². The molecule has 0 bridgehead atoms. The van der Waals surface area contributed by atoms with Gasteiger partial charge in [-0.2, -0.15) is 0 Å². The van der Waals surface area contributed by atoms with Crippen molar-refractivity contribution in [1.29, 1.82) is 0 Å². The number of fused-ring (bicyclic) bond motifs is 1. The summed E-state index contributed by atoms with van der Waals surface area (Å²) in [7, 11) is 0. The maximum Gasteiger partial charge on any atom is 0.183 e. The molecule has 0 atom stereocenters. The van der Waals surface area contributed by atoms with Crippen LogP contribution in [0.2, 0.25) is 0 Å². The molecule has 0 spiro atoms. The van der Waals surface area contributed by atoms with E-state index >= 15 is 0 Å². The Morgan fingerprint density at radius 3 is 2.50 bits per heavy atom. The fourth-order valence-corrected chi connectivity index (χ4v) is 2.94. The lowest BCUT2D eigenvalue weighted by Gasteiger charge is -2.06. The molecule has 0 aliphatic carbocycles. The van der Waals surface area contributed by atoms with Crippen molar-refractivity contribution < 1.29 is 0 Å². The molecule has 2 aromatic heterocycles. The molecular weight excluding hydrogens is 296 g/mol. The zero-order chi connectivity index (χ0) is 17.3. The minimum Gasteiger partial charge on any atom is -0.283 e. The Labute approximate surface area is 143 Å². The van der Waals surface area contributed by atoms with Crippen molar-refractivity contribution in [3.8, 4) is 0 Å². The SMILES string of the molecule is CCc1cccc(C)c1N=Nc1c(C(C)C)nc2c(C)cccn12. The highest BCUT2D eigenvalue weighted by Crippen LogP contribution is 2.32. The Kier molecular flexibility index (Phi) is 4.47. The van der Waals surface area contributed by atoms with Crippen molar-refractivity contribution in [3.63, 3.8) is 0 Å². The van der Waals surface area contributed by atoms with Gasteiger partial charge in [-0.1, -0.05) is 45.0 Å². The predicted octanol–water partition coefficient (Wildman–Crippen LogP) is 6.05. The Morgan fingerprint density at radius 1 is 1.04 bits per heavy atom. The number of azo groups is 1. The van der Waals surface area contributed by atoms with E-state index in [0.717, 1.165) is 40.4 Å².